The molecule has 1 aromatic rings. The molecule has 0 aromatic carbocycles. The molecule has 2 rings (SSSR count). The van der Waals surface area contributed by atoms with Crippen LogP contribution >= 0.6 is 0 Å². The highest BCUT2D eigenvalue weighted by Crippen LogP contribution is 2.49. The molecule has 0 aliphatic heterocycles. The van der Waals surface area contributed by atoms with Crippen molar-refractivity contribution in [3.05, 3.63) is 17.0 Å². The first kappa shape index (κ1) is 10.2. The summed E-state index contributed by atoms with van der Waals surface area (Å²) in [6.45, 7) is 8.28. The maximum atomic E-state index is 9.11. The van der Waals surface area contributed by atoms with Crippen LogP contribution in [0.5, 0.6) is 0 Å². The molecule has 3 nitrogen and oxygen atoms in total. The van der Waals surface area contributed by atoms with Gasteiger partial charge in [-0.15, -0.1) is 0 Å². The predicted octanol–water partition coefficient (Wildman–Crippen LogP) is 2.84. The van der Waals surface area contributed by atoms with Crippen molar-refractivity contribution < 1.29 is 4.52 Å². The average Bonchev–Trinajstić information content (AvgIpc) is 2.82. The van der Waals surface area contributed by atoms with Crippen molar-refractivity contribution in [1.29, 1.82) is 5.26 Å². The summed E-state index contributed by atoms with van der Waals surface area (Å²) in [5.41, 5.74) is 1.54. The topological polar surface area (TPSA) is 49.8 Å². The van der Waals surface area contributed by atoms with Gasteiger partial charge in [0.25, 0.3) is 0 Å². The molecule has 3 heteroatoms. The molecule has 15 heavy (non-hydrogen) atoms. The van der Waals surface area contributed by atoms with E-state index >= 15 is 0 Å². The van der Waals surface area contributed by atoms with Gasteiger partial charge in [0.2, 0.25) is 0 Å². The minimum Gasteiger partial charge on any atom is -0.360 e. The van der Waals surface area contributed by atoms with E-state index in [1.54, 1.807) is 0 Å². The minimum absolute atomic E-state index is 0.0408. The van der Waals surface area contributed by atoms with Gasteiger partial charge in [-0.1, -0.05) is 25.9 Å². The zero-order chi connectivity index (χ0) is 11.3. The zero-order valence-electron chi connectivity index (χ0n) is 9.72. The number of aromatic nitrogens is 1. The third kappa shape index (κ3) is 1.45. The fourth-order valence-corrected chi connectivity index (χ4v) is 2.01. The van der Waals surface area contributed by atoms with Crippen LogP contribution < -0.4 is 0 Å². The summed E-state index contributed by atoms with van der Waals surface area (Å²) in [7, 11) is 0. The minimum atomic E-state index is -0.336. The zero-order valence-corrected chi connectivity index (χ0v) is 9.72. The maximum absolute atomic E-state index is 9.11. The van der Waals surface area contributed by atoms with Crippen molar-refractivity contribution >= 4 is 0 Å². The normalized spacial score (nSPS) is 18.6. The van der Waals surface area contributed by atoms with E-state index in [9.17, 15) is 0 Å². The van der Waals surface area contributed by atoms with E-state index < -0.39 is 0 Å². The molecule has 0 bridgehead atoms. The van der Waals surface area contributed by atoms with E-state index in [4.69, 9.17) is 9.78 Å². The molecule has 1 saturated carbocycles. The predicted molar refractivity (Wildman–Crippen MR) is 56.5 cm³/mol. The quantitative estimate of drug-likeness (QED) is 0.706. The Labute approximate surface area is 90.1 Å². The van der Waals surface area contributed by atoms with Crippen LogP contribution in [0.2, 0.25) is 0 Å². The van der Waals surface area contributed by atoms with Crippen molar-refractivity contribution in [3.8, 4) is 6.07 Å². The fourth-order valence-electron chi connectivity index (χ4n) is 2.01. The van der Waals surface area contributed by atoms with Crippen molar-refractivity contribution in [2.24, 2.45) is 0 Å². The summed E-state index contributed by atoms with van der Waals surface area (Å²) < 4.78 is 5.39. The van der Waals surface area contributed by atoms with E-state index in [1.807, 2.05) is 6.92 Å². The first-order valence-corrected chi connectivity index (χ1v) is 5.29. The van der Waals surface area contributed by atoms with Gasteiger partial charge >= 0.3 is 0 Å². The Hall–Kier alpha value is -1.30. The Bertz CT molecular complexity index is 427. The van der Waals surface area contributed by atoms with E-state index in [0.29, 0.717) is 0 Å². The smallest absolute Gasteiger partial charge is 0.145 e. The van der Waals surface area contributed by atoms with Gasteiger partial charge in [-0.05, 0) is 19.8 Å². The number of rotatable bonds is 1. The lowest BCUT2D eigenvalue weighted by atomic mass is 9.88. The van der Waals surface area contributed by atoms with Crippen molar-refractivity contribution in [1.82, 2.24) is 5.16 Å². The van der Waals surface area contributed by atoms with Crippen molar-refractivity contribution in [2.75, 3.05) is 0 Å². The Morgan fingerprint density at radius 3 is 2.33 bits per heavy atom. The van der Waals surface area contributed by atoms with Crippen LogP contribution in [0.15, 0.2) is 4.52 Å². The third-order valence-corrected chi connectivity index (χ3v) is 3.02. The molecular weight excluding hydrogens is 188 g/mol. The van der Waals surface area contributed by atoms with Gasteiger partial charge in [0.1, 0.15) is 16.9 Å². The molecule has 1 heterocycles. The summed E-state index contributed by atoms with van der Waals surface area (Å²) in [5.74, 6) is 0.902. The summed E-state index contributed by atoms with van der Waals surface area (Å²) in [6.07, 6.45) is 1.83. The molecule has 0 atom stereocenters. The standard InChI is InChI=1S/C12H16N2O/c1-8-9(12(7-13)5-6-12)14-15-10(8)11(2,3)4/h5-6H2,1-4H3. The molecular formula is C12H16N2O. The van der Waals surface area contributed by atoms with Crippen molar-refractivity contribution in [2.45, 2.75) is 51.4 Å². The van der Waals surface area contributed by atoms with Gasteiger partial charge in [-0.2, -0.15) is 5.26 Å². The molecule has 1 aliphatic rings. The summed E-state index contributed by atoms with van der Waals surface area (Å²) in [6, 6.07) is 2.35. The summed E-state index contributed by atoms with van der Waals surface area (Å²) >= 11 is 0. The maximum Gasteiger partial charge on any atom is 0.145 e. The summed E-state index contributed by atoms with van der Waals surface area (Å²) in [5, 5.41) is 13.2. The molecule has 0 spiro atoms. The molecule has 1 fully saturated rings. The van der Waals surface area contributed by atoms with Crippen LogP contribution in [-0.2, 0) is 10.8 Å². The lowest BCUT2D eigenvalue weighted by Gasteiger charge is -2.14. The van der Waals surface area contributed by atoms with Crippen LogP contribution in [0.4, 0.5) is 0 Å². The third-order valence-electron chi connectivity index (χ3n) is 3.02. The van der Waals surface area contributed by atoms with Crippen LogP contribution in [0.25, 0.3) is 0 Å². The Morgan fingerprint density at radius 1 is 1.40 bits per heavy atom. The van der Waals surface area contributed by atoms with Gasteiger partial charge in [0.05, 0.1) is 6.07 Å². The van der Waals surface area contributed by atoms with Crippen LogP contribution in [0.1, 0.15) is 50.6 Å². The van der Waals surface area contributed by atoms with E-state index in [2.05, 4.69) is 32.0 Å². The second kappa shape index (κ2) is 2.85. The molecule has 1 aliphatic carbocycles. The van der Waals surface area contributed by atoms with Crippen molar-refractivity contribution in [3.63, 3.8) is 0 Å². The van der Waals surface area contributed by atoms with E-state index in [0.717, 1.165) is 29.9 Å². The highest BCUT2D eigenvalue weighted by molar-refractivity contribution is 5.41. The number of hydrogen-bond donors (Lipinski definition) is 0. The number of hydrogen-bond acceptors (Lipinski definition) is 3. The second-order valence-corrected chi connectivity index (χ2v) is 5.43. The van der Waals surface area contributed by atoms with E-state index in [-0.39, 0.29) is 10.8 Å². The Morgan fingerprint density at radius 2 is 2.00 bits per heavy atom. The SMILES string of the molecule is Cc1c(C2(C#N)CC2)noc1C(C)(C)C. The molecule has 80 valence electrons. The van der Waals surface area contributed by atoms with Crippen LogP contribution in [-0.4, -0.2) is 5.16 Å². The lowest BCUT2D eigenvalue weighted by molar-refractivity contribution is 0.323. The first-order chi connectivity index (χ1) is 6.91. The lowest BCUT2D eigenvalue weighted by Crippen LogP contribution is -2.12. The molecule has 0 amide bonds. The van der Waals surface area contributed by atoms with Gasteiger partial charge in [0.15, 0.2) is 0 Å². The van der Waals surface area contributed by atoms with Gasteiger partial charge in [-0.3, -0.25) is 0 Å². The van der Waals surface area contributed by atoms with Crippen LogP contribution in [0.3, 0.4) is 0 Å². The first-order valence-electron chi connectivity index (χ1n) is 5.29. The highest BCUT2D eigenvalue weighted by atomic mass is 16.5. The number of nitrogens with zero attached hydrogens (tertiary/aromatic N) is 2. The molecule has 0 unspecified atom stereocenters. The largest absolute Gasteiger partial charge is 0.360 e. The van der Waals surface area contributed by atoms with Gasteiger partial charge < -0.3 is 4.52 Å². The number of nitriles is 1. The Kier molecular flexibility index (Phi) is 1.94. The Balaban J connectivity index is 2.47. The average molecular weight is 204 g/mol. The highest BCUT2D eigenvalue weighted by Gasteiger charge is 2.49. The summed E-state index contributed by atoms with van der Waals surface area (Å²) in [4.78, 5) is 0. The molecule has 1 aromatic heterocycles. The molecule has 0 saturated heterocycles. The van der Waals surface area contributed by atoms with Gasteiger partial charge in [-0.25, -0.2) is 0 Å². The van der Waals surface area contributed by atoms with Gasteiger partial charge in [0, 0.05) is 11.0 Å². The molecule has 0 N–H and O–H groups in total. The van der Waals surface area contributed by atoms with Crippen LogP contribution in [0, 0.1) is 18.3 Å². The fraction of sp³-hybridized carbons (Fsp3) is 0.667. The molecule has 0 radical (unpaired) electrons. The second-order valence-electron chi connectivity index (χ2n) is 5.43. The monoisotopic (exact) mass is 204 g/mol. The van der Waals surface area contributed by atoms with E-state index in [1.165, 1.54) is 0 Å².